The third-order valence-electron chi connectivity index (χ3n) is 5.76. The molecule has 3 rings (SSSR count). The molecule has 0 saturated heterocycles. The molecule has 0 heterocycles. The van der Waals surface area contributed by atoms with E-state index in [1.807, 2.05) is 36.4 Å². The van der Waals surface area contributed by atoms with Crippen molar-refractivity contribution in [3.05, 3.63) is 88.4 Å². The lowest BCUT2D eigenvalue weighted by Gasteiger charge is -2.12. The van der Waals surface area contributed by atoms with Gasteiger partial charge in [-0.05, 0) is 48.4 Å². The summed E-state index contributed by atoms with van der Waals surface area (Å²) in [6, 6.07) is 20.2. The first-order valence-corrected chi connectivity index (χ1v) is 13.1. The molecule has 1 N–H and O–H groups in total. The maximum absolute atomic E-state index is 12.7. The molecular formula is C30H35ClN2O4. The molecular weight excluding hydrogens is 488 g/mol. The maximum atomic E-state index is 12.7. The average Bonchev–Trinajstić information content (AvgIpc) is 2.92. The molecule has 0 fully saturated rings. The molecule has 0 saturated carbocycles. The summed E-state index contributed by atoms with van der Waals surface area (Å²) >= 11 is 6.17. The van der Waals surface area contributed by atoms with Crippen molar-refractivity contribution in [1.29, 1.82) is 0 Å². The lowest BCUT2D eigenvalue weighted by atomic mass is 10.1. The molecule has 0 radical (unpaired) electrons. The summed E-state index contributed by atoms with van der Waals surface area (Å²) in [5.74, 6) is 1.32. The van der Waals surface area contributed by atoms with Gasteiger partial charge in [0.05, 0.1) is 19.9 Å². The highest BCUT2D eigenvalue weighted by molar-refractivity contribution is 6.30. The summed E-state index contributed by atoms with van der Waals surface area (Å²) in [5.41, 5.74) is 4.68. The third kappa shape index (κ3) is 9.47. The van der Waals surface area contributed by atoms with Gasteiger partial charge >= 0.3 is 0 Å². The summed E-state index contributed by atoms with van der Waals surface area (Å²) in [4.78, 5) is 12.7. The van der Waals surface area contributed by atoms with E-state index in [0.717, 1.165) is 18.4 Å². The van der Waals surface area contributed by atoms with Crippen LogP contribution in [0.2, 0.25) is 5.02 Å². The Hall–Kier alpha value is -3.51. The van der Waals surface area contributed by atoms with Gasteiger partial charge in [-0.2, -0.15) is 5.10 Å². The molecule has 3 aromatic carbocycles. The fourth-order valence-corrected chi connectivity index (χ4v) is 3.89. The Morgan fingerprint density at radius 1 is 0.892 bits per heavy atom. The minimum Gasteiger partial charge on any atom is -0.493 e. The van der Waals surface area contributed by atoms with E-state index in [2.05, 4.69) is 17.5 Å². The molecule has 0 aromatic heterocycles. The minimum atomic E-state index is -0.374. The zero-order valence-electron chi connectivity index (χ0n) is 21.5. The Bertz CT molecular complexity index is 1150. The second-order valence-corrected chi connectivity index (χ2v) is 9.07. The fraction of sp³-hybridized carbons (Fsp3) is 0.333. The van der Waals surface area contributed by atoms with Gasteiger partial charge in [-0.3, -0.25) is 4.79 Å². The summed E-state index contributed by atoms with van der Waals surface area (Å²) < 4.78 is 17.2. The Balaban J connectivity index is 1.55. The number of hydrogen-bond donors (Lipinski definition) is 1. The Morgan fingerprint density at radius 2 is 1.65 bits per heavy atom. The number of ether oxygens (including phenoxy) is 3. The number of unbranched alkanes of at least 4 members (excludes halogenated alkanes) is 5. The molecule has 3 aromatic rings. The zero-order valence-corrected chi connectivity index (χ0v) is 22.3. The Kier molecular flexibility index (Phi) is 11.8. The van der Waals surface area contributed by atoms with Gasteiger partial charge in [0, 0.05) is 16.1 Å². The molecule has 0 aliphatic carbocycles. The highest BCUT2D eigenvalue weighted by atomic mass is 35.5. The molecule has 0 bridgehead atoms. The molecule has 1 amide bonds. The van der Waals surface area contributed by atoms with E-state index in [4.69, 9.17) is 25.8 Å². The second kappa shape index (κ2) is 15.6. The number of amides is 1. The number of methoxy groups -OCH3 is 1. The topological polar surface area (TPSA) is 69.2 Å². The van der Waals surface area contributed by atoms with E-state index < -0.39 is 0 Å². The highest BCUT2D eigenvalue weighted by Crippen LogP contribution is 2.29. The van der Waals surface area contributed by atoms with Crippen LogP contribution in [0.4, 0.5) is 0 Å². The molecule has 0 atom stereocenters. The van der Waals surface area contributed by atoms with Gasteiger partial charge in [-0.25, -0.2) is 5.43 Å². The molecule has 7 heteroatoms. The van der Waals surface area contributed by atoms with Gasteiger partial charge in [0.25, 0.3) is 5.91 Å². The maximum Gasteiger partial charge on any atom is 0.271 e. The molecule has 37 heavy (non-hydrogen) atoms. The summed E-state index contributed by atoms with van der Waals surface area (Å²) in [7, 11) is 1.54. The SMILES string of the molecule is CCCCCCCCOc1ccc(Cl)cc1/C=N/NC(=O)c1ccc(OCc2ccccc2)c(OC)c1. The van der Waals surface area contributed by atoms with Crippen LogP contribution in [0.3, 0.4) is 0 Å². The van der Waals surface area contributed by atoms with Crippen LogP contribution >= 0.6 is 11.6 Å². The van der Waals surface area contributed by atoms with Crippen molar-refractivity contribution in [3.63, 3.8) is 0 Å². The molecule has 0 spiro atoms. The number of halogens is 1. The van der Waals surface area contributed by atoms with E-state index in [1.165, 1.54) is 39.0 Å². The first kappa shape index (κ1) is 28.1. The summed E-state index contributed by atoms with van der Waals surface area (Å²) in [5, 5.41) is 4.68. The number of benzene rings is 3. The first-order chi connectivity index (χ1) is 18.1. The Labute approximate surface area is 224 Å². The second-order valence-electron chi connectivity index (χ2n) is 8.64. The molecule has 0 aliphatic rings. The molecule has 0 aliphatic heterocycles. The van der Waals surface area contributed by atoms with Crippen LogP contribution in [0.25, 0.3) is 0 Å². The number of nitrogens with zero attached hydrogens (tertiary/aromatic N) is 1. The fourth-order valence-electron chi connectivity index (χ4n) is 3.70. The number of rotatable bonds is 15. The number of nitrogens with one attached hydrogen (secondary N) is 1. The lowest BCUT2D eigenvalue weighted by molar-refractivity contribution is 0.0954. The smallest absolute Gasteiger partial charge is 0.271 e. The highest BCUT2D eigenvalue weighted by Gasteiger charge is 2.11. The van der Waals surface area contributed by atoms with Gasteiger partial charge in [0.1, 0.15) is 12.4 Å². The van der Waals surface area contributed by atoms with Crippen LogP contribution < -0.4 is 19.6 Å². The van der Waals surface area contributed by atoms with Gasteiger partial charge < -0.3 is 14.2 Å². The van der Waals surface area contributed by atoms with Crippen LogP contribution in [0.15, 0.2) is 71.8 Å². The third-order valence-corrected chi connectivity index (χ3v) is 6.00. The normalized spacial score (nSPS) is 10.9. The van der Waals surface area contributed by atoms with Crippen molar-refractivity contribution in [2.24, 2.45) is 5.10 Å². The van der Waals surface area contributed by atoms with Crippen LogP contribution in [0.1, 0.15) is 66.9 Å². The van der Waals surface area contributed by atoms with Crippen molar-refractivity contribution in [1.82, 2.24) is 5.43 Å². The van der Waals surface area contributed by atoms with Crippen LogP contribution in [-0.2, 0) is 6.61 Å². The number of hydrazone groups is 1. The quantitative estimate of drug-likeness (QED) is 0.128. The number of carbonyl (C=O) groups is 1. The van der Waals surface area contributed by atoms with Gasteiger partial charge in [-0.15, -0.1) is 0 Å². The standard InChI is InChI=1S/C30H35ClN2O4/c1-3-4-5-6-7-11-18-36-27-17-15-26(31)19-25(27)21-32-33-30(34)24-14-16-28(29(20-24)35-2)37-22-23-12-9-8-10-13-23/h8-10,12-17,19-21H,3-7,11,18,22H2,1-2H3,(H,33,34)/b32-21+. The zero-order chi connectivity index (χ0) is 26.3. The van der Waals surface area contributed by atoms with E-state index >= 15 is 0 Å². The van der Waals surface area contributed by atoms with E-state index in [-0.39, 0.29) is 5.91 Å². The van der Waals surface area contributed by atoms with Crippen LogP contribution in [-0.4, -0.2) is 25.8 Å². The monoisotopic (exact) mass is 522 g/mol. The predicted molar refractivity (Wildman–Crippen MR) is 149 cm³/mol. The minimum absolute atomic E-state index is 0.374. The Morgan fingerprint density at radius 3 is 2.43 bits per heavy atom. The lowest BCUT2D eigenvalue weighted by Crippen LogP contribution is -2.17. The first-order valence-electron chi connectivity index (χ1n) is 12.7. The van der Waals surface area contributed by atoms with Crippen molar-refractivity contribution >= 4 is 23.7 Å². The van der Waals surface area contributed by atoms with Gasteiger partial charge in [0.15, 0.2) is 11.5 Å². The number of hydrogen-bond acceptors (Lipinski definition) is 5. The summed E-state index contributed by atoms with van der Waals surface area (Å²) in [6.45, 7) is 3.24. The van der Waals surface area contributed by atoms with Crippen molar-refractivity contribution in [2.45, 2.75) is 52.1 Å². The summed E-state index contributed by atoms with van der Waals surface area (Å²) in [6.07, 6.45) is 8.69. The van der Waals surface area contributed by atoms with Gasteiger partial charge in [-0.1, -0.05) is 81.0 Å². The predicted octanol–water partition coefficient (Wildman–Crippen LogP) is 7.43. The average molecular weight is 523 g/mol. The van der Waals surface area contributed by atoms with Gasteiger partial charge in [0.2, 0.25) is 0 Å². The van der Waals surface area contributed by atoms with Crippen LogP contribution in [0.5, 0.6) is 17.2 Å². The van der Waals surface area contributed by atoms with Crippen molar-refractivity contribution < 1.29 is 19.0 Å². The van der Waals surface area contributed by atoms with E-state index in [0.29, 0.717) is 46.6 Å². The van der Waals surface area contributed by atoms with Crippen molar-refractivity contribution in [3.8, 4) is 17.2 Å². The van der Waals surface area contributed by atoms with E-state index in [1.54, 1.807) is 30.3 Å². The van der Waals surface area contributed by atoms with E-state index in [9.17, 15) is 4.79 Å². The molecule has 196 valence electrons. The van der Waals surface area contributed by atoms with Crippen LogP contribution in [0, 0.1) is 0 Å². The molecule has 0 unspecified atom stereocenters. The van der Waals surface area contributed by atoms with Crippen molar-refractivity contribution in [2.75, 3.05) is 13.7 Å². The largest absolute Gasteiger partial charge is 0.493 e. The number of carbonyl (C=O) groups excluding carboxylic acids is 1. The molecule has 6 nitrogen and oxygen atoms in total.